The van der Waals surface area contributed by atoms with E-state index in [0.717, 1.165) is 11.3 Å². The molecule has 1 amide bonds. The molecule has 0 saturated carbocycles. The summed E-state index contributed by atoms with van der Waals surface area (Å²) in [4.78, 5) is 14.1. The predicted molar refractivity (Wildman–Crippen MR) is 90.6 cm³/mol. The van der Waals surface area contributed by atoms with Gasteiger partial charge in [0.1, 0.15) is 0 Å². The van der Waals surface area contributed by atoms with Crippen LogP contribution in [0.1, 0.15) is 23.1 Å². The van der Waals surface area contributed by atoms with Crippen LogP contribution in [-0.4, -0.2) is 32.8 Å². The van der Waals surface area contributed by atoms with E-state index in [1.807, 2.05) is 37.3 Å². The fourth-order valence-corrected chi connectivity index (χ4v) is 2.62. The SMILES string of the molecule is CCn1ncc(Cl)c1CN(C)C(=O)c1cc(-c2ccccc2)on1. The van der Waals surface area contributed by atoms with Gasteiger partial charge in [0.15, 0.2) is 11.5 Å². The maximum atomic E-state index is 12.6. The van der Waals surface area contributed by atoms with Gasteiger partial charge in [0.2, 0.25) is 0 Å². The Morgan fingerprint density at radius 2 is 2.08 bits per heavy atom. The largest absolute Gasteiger partial charge is 0.355 e. The van der Waals surface area contributed by atoms with Gasteiger partial charge in [-0.15, -0.1) is 0 Å². The van der Waals surface area contributed by atoms with E-state index < -0.39 is 0 Å². The molecule has 0 aliphatic carbocycles. The smallest absolute Gasteiger partial charge is 0.276 e. The molecule has 1 aromatic carbocycles. The average Bonchev–Trinajstić information content (AvgIpc) is 3.23. The van der Waals surface area contributed by atoms with Crippen LogP contribution in [0.2, 0.25) is 5.02 Å². The highest BCUT2D eigenvalue weighted by Gasteiger charge is 2.20. The Hall–Kier alpha value is -2.60. The number of carbonyl (C=O) groups is 1. The van der Waals surface area contributed by atoms with Gasteiger partial charge in [-0.3, -0.25) is 9.48 Å². The third-order valence-corrected chi connectivity index (χ3v) is 4.03. The summed E-state index contributed by atoms with van der Waals surface area (Å²) in [7, 11) is 1.70. The number of hydrogen-bond donors (Lipinski definition) is 0. The van der Waals surface area contributed by atoms with Crippen LogP contribution in [0.4, 0.5) is 0 Å². The molecule has 3 aromatic rings. The molecule has 0 fully saturated rings. The van der Waals surface area contributed by atoms with E-state index in [1.54, 1.807) is 28.9 Å². The van der Waals surface area contributed by atoms with Crippen LogP contribution in [0.25, 0.3) is 11.3 Å². The second-order valence-electron chi connectivity index (χ2n) is 5.36. The van der Waals surface area contributed by atoms with Gasteiger partial charge in [-0.1, -0.05) is 47.1 Å². The van der Waals surface area contributed by atoms with Gasteiger partial charge in [-0.25, -0.2) is 0 Å². The maximum Gasteiger partial charge on any atom is 0.276 e. The molecule has 3 rings (SSSR count). The number of rotatable bonds is 5. The molecule has 0 aliphatic heterocycles. The van der Waals surface area contributed by atoms with Crippen molar-refractivity contribution < 1.29 is 9.32 Å². The van der Waals surface area contributed by atoms with Crippen LogP contribution in [0.3, 0.4) is 0 Å². The Kier molecular flexibility index (Phi) is 4.66. The lowest BCUT2D eigenvalue weighted by atomic mass is 10.1. The van der Waals surface area contributed by atoms with Crippen molar-refractivity contribution in [1.82, 2.24) is 19.8 Å². The molecular formula is C17H17ClN4O2. The second kappa shape index (κ2) is 6.88. The molecular weight excluding hydrogens is 328 g/mol. The van der Waals surface area contributed by atoms with Crippen LogP contribution in [0.15, 0.2) is 47.1 Å². The van der Waals surface area contributed by atoms with E-state index in [-0.39, 0.29) is 11.6 Å². The summed E-state index contributed by atoms with van der Waals surface area (Å²) in [6, 6.07) is 11.2. The molecule has 0 spiro atoms. The minimum Gasteiger partial charge on any atom is -0.355 e. The third kappa shape index (κ3) is 3.19. The van der Waals surface area contributed by atoms with Crippen LogP contribution >= 0.6 is 11.6 Å². The Balaban J connectivity index is 1.77. The molecule has 2 aromatic heterocycles. The number of carbonyl (C=O) groups excluding carboxylic acids is 1. The van der Waals surface area contributed by atoms with Gasteiger partial charge in [0.25, 0.3) is 5.91 Å². The first-order valence-electron chi connectivity index (χ1n) is 7.58. The summed E-state index contributed by atoms with van der Waals surface area (Å²) >= 11 is 6.15. The van der Waals surface area contributed by atoms with E-state index in [0.29, 0.717) is 23.9 Å². The second-order valence-corrected chi connectivity index (χ2v) is 5.77. The van der Waals surface area contributed by atoms with Crippen molar-refractivity contribution in [2.75, 3.05) is 7.05 Å². The first-order chi connectivity index (χ1) is 11.6. The minimum absolute atomic E-state index is 0.235. The summed E-state index contributed by atoms with van der Waals surface area (Å²) in [5.41, 5.74) is 1.93. The number of aryl methyl sites for hydroxylation is 1. The number of aromatic nitrogens is 3. The zero-order valence-corrected chi connectivity index (χ0v) is 14.2. The summed E-state index contributed by atoms with van der Waals surface area (Å²) in [6.45, 7) is 3.00. The normalized spacial score (nSPS) is 10.8. The van der Waals surface area contributed by atoms with Gasteiger partial charge in [0, 0.05) is 25.2 Å². The van der Waals surface area contributed by atoms with Crippen LogP contribution in [-0.2, 0) is 13.1 Å². The van der Waals surface area contributed by atoms with Crippen molar-refractivity contribution in [3.8, 4) is 11.3 Å². The van der Waals surface area contributed by atoms with Gasteiger partial charge >= 0.3 is 0 Å². The lowest BCUT2D eigenvalue weighted by molar-refractivity contribution is 0.0771. The molecule has 0 unspecified atom stereocenters. The van der Waals surface area contributed by atoms with Gasteiger partial charge < -0.3 is 9.42 Å². The van der Waals surface area contributed by atoms with E-state index in [9.17, 15) is 4.79 Å². The quantitative estimate of drug-likeness (QED) is 0.710. The standard InChI is InChI=1S/C17H17ClN4O2/c1-3-22-15(13(18)10-19-22)11-21(2)17(23)14-9-16(24-20-14)12-7-5-4-6-8-12/h4-10H,3,11H2,1-2H3. The molecule has 24 heavy (non-hydrogen) atoms. The summed E-state index contributed by atoms with van der Waals surface area (Å²) in [5.74, 6) is 0.324. The first kappa shape index (κ1) is 16.3. The monoisotopic (exact) mass is 344 g/mol. The van der Waals surface area contributed by atoms with Crippen molar-refractivity contribution in [3.63, 3.8) is 0 Å². The van der Waals surface area contributed by atoms with Crippen molar-refractivity contribution in [1.29, 1.82) is 0 Å². The van der Waals surface area contributed by atoms with Gasteiger partial charge in [-0.2, -0.15) is 5.10 Å². The fraction of sp³-hybridized carbons (Fsp3) is 0.235. The highest BCUT2D eigenvalue weighted by molar-refractivity contribution is 6.31. The Morgan fingerprint density at radius 1 is 1.33 bits per heavy atom. The average molecular weight is 345 g/mol. The lowest BCUT2D eigenvalue weighted by Gasteiger charge is -2.16. The number of nitrogens with zero attached hydrogens (tertiary/aromatic N) is 4. The fourth-order valence-electron chi connectivity index (χ4n) is 2.42. The summed E-state index contributed by atoms with van der Waals surface area (Å²) in [5, 5.41) is 8.61. The van der Waals surface area contributed by atoms with Crippen molar-refractivity contribution in [3.05, 3.63) is 59.0 Å². The van der Waals surface area contributed by atoms with E-state index in [1.165, 1.54) is 0 Å². The van der Waals surface area contributed by atoms with Crippen molar-refractivity contribution >= 4 is 17.5 Å². The summed E-state index contributed by atoms with van der Waals surface area (Å²) in [6.07, 6.45) is 1.59. The molecule has 2 heterocycles. The molecule has 0 atom stereocenters. The van der Waals surface area contributed by atoms with Gasteiger partial charge in [-0.05, 0) is 6.92 Å². The molecule has 0 N–H and O–H groups in total. The van der Waals surface area contributed by atoms with E-state index in [2.05, 4.69) is 10.3 Å². The van der Waals surface area contributed by atoms with E-state index >= 15 is 0 Å². The Bertz CT molecular complexity index is 841. The number of amides is 1. The van der Waals surface area contributed by atoms with Crippen molar-refractivity contribution in [2.45, 2.75) is 20.0 Å². The van der Waals surface area contributed by atoms with E-state index in [4.69, 9.17) is 16.1 Å². The molecule has 7 heteroatoms. The Labute approximate surface area is 144 Å². The summed E-state index contributed by atoms with van der Waals surface area (Å²) < 4.78 is 7.05. The Morgan fingerprint density at radius 3 is 2.79 bits per heavy atom. The van der Waals surface area contributed by atoms with Gasteiger partial charge in [0.05, 0.1) is 23.5 Å². The molecule has 0 aliphatic rings. The minimum atomic E-state index is -0.235. The predicted octanol–water partition coefficient (Wildman–Crippen LogP) is 3.48. The molecule has 0 bridgehead atoms. The highest BCUT2D eigenvalue weighted by atomic mass is 35.5. The topological polar surface area (TPSA) is 64.2 Å². The molecule has 0 saturated heterocycles. The van der Waals surface area contributed by atoms with Crippen LogP contribution in [0.5, 0.6) is 0 Å². The lowest BCUT2D eigenvalue weighted by Crippen LogP contribution is -2.27. The number of benzene rings is 1. The zero-order valence-electron chi connectivity index (χ0n) is 13.4. The third-order valence-electron chi connectivity index (χ3n) is 3.72. The molecule has 6 nitrogen and oxygen atoms in total. The maximum absolute atomic E-state index is 12.6. The van der Waals surface area contributed by atoms with Crippen LogP contribution < -0.4 is 0 Å². The first-order valence-corrected chi connectivity index (χ1v) is 7.95. The molecule has 0 radical (unpaired) electrons. The highest BCUT2D eigenvalue weighted by Crippen LogP contribution is 2.21. The van der Waals surface area contributed by atoms with Crippen LogP contribution in [0, 0.1) is 0 Å². The molecule has 124 valence electrons. The van der Waals surface area contributed by atoms with Crippen molar-refractivity contribution in [2.24, 2.45) is 0 Å². The zero-order chi connectivity index (χ0) is 17.1. The number of halogens is 1. The number of hydrogen-bond acceptors (Lipinski definition) is 4.